The van der Waals surface area contributed by atoms with E-state index in [2.05, 4.69) is 0 Å². The summed E-state index contributed by atoms with van der Waals surface area (Å²) in [6.07, 6.45) is -0.672. The van der Waals surface area contributed by atoms with Gasteiger partial charge in [-0.15, -0.1) is 0 Å². The standard InChI is InChI=1S/C19H24O7/c1-18(2)10-11-19(26-18,12-14(20)23-3)17(22)25-15(16(21)24-4)13-8-6-5-7-9-13/h5-9,15H,10-12H2,1-4H3/t15-,19+/m0/s1. The van der Waals surface area contributed by atoms with Crippen molar-refractivity contribution in [2.75, 3.05) is 14.2 Å². The van der Waals surface area contributed by atoms with Crippen molar-refractivity contribution in [3.8, 4) is 0 Å². The van der Waals surface area contributed by atoms with Crippen LogP contribution < -0.4 is 0 Å². The maximum Gasteiger partial charge on any atom is 0.351 e. The molecule has 1 saturated heterocycles. The van der Waals surface area contributed by atoms with E-state index in [4.69, 9.17) is 18.9 Å². The number of hydrogen-bond donors (Lipinski definition) is 0. The fraction of sp³-hybridized carbons (Fsp3) is 0.526. The van der Waals surface area contributed by atoms with E-state index in [1.165, 1.54) is 14.2 Å². The maximum absolute atomic E-state index is 12.9. The third-order valence-electron chi connectivity index (χ3n) is 4.37. The number of ether oxygens (including phenoxy) is 4. The number of carbonyl (C=O) groups is 3. The van der Waals surface area contributed by atoms with E-state index in [1.807, 2.05) is 13.8 Å². The van der Waals surface area contributed by atoms with Gasteiger partial charge in [-0.2, -0.15) is 0 Å². The van der Waals surface area contributed by atoms with E-state index in [1.54, 1.807) is 30.3 Å². The summed E-state index contributed by atoms with van der Waals surface area (Å²) in [5.74, 6) is -2.09. The molecule has 26 heavy (non-hydrogen) atoms. The molecule has 1 heterocycles. The van der Waals surface area contributed by atoms with Gasteiger partial charge < -0.3 is 18.9 Å². The summed E-state index contributed by atoms with van der Waals surface area (Å²) in [7, 11) is 2.45. The first-order valence-electron chi connectivity index (χ1n) is 8.34. The van der Waals surface area contributed by atoms with Crippen LogP contribution in [-0.2, 0) is 33.3 Å². The predicted octanol–water partition coefficient (Wildman–Crippen LogP) is 2.33. The third kappa shape index (κ3) is 4.40. The van der Waals surface area contributed by atoms with Crippen LogP contribution in [0.25, 0.3) is 0 Å². The number of hydrogen-bond acceptors (Lipinski definition) is 7. The lowest BCUT2D eigenvalue weighted by Gasteiger charge is -2.30. The van der Waals surface area contributed by atoms with Gasteiger partial charge in [0.2, 0.25) is 6.10 Å². The Kier molecular flexibility index (Phi) is 6.02. The quantitative estimate of drug-likeness (QED) is 0.565. The fourth-order valence-electron chi connectivity index (χ4n) is 2.98. The smallest absolute Gasteiger partial charge is 0.351 e. The first-order chi connectivity index (χ1) is 12.2. The normalized spacial score (nSPS) is 22.3. The zero-order valence-electron chi connectivity index (χ0n) is 15.4. The molecule has 0 aromatic heterocycles. The van der Waals surface area contributed by atoms with Crippen LogP contribution in [0, 0.1) is 0 Å². The van der Waals surface area contributed by atoms with Crippen LogP contribution >= 0.6 is 0 Å². The third-order valence-corrected chi connectivity index (χ3v) is 4.37. The van der Waals surface area contributed by atoms with E-state index in [9.17, 15) is 14.4 Å². The minimum atomic E-state index is -1.49. The van der Waals surface area contributed by atoms with Crippen LogP contribution in [0.15, 0.2) is 30.3 Å². The van der Waals surface area contributed by atoms with Crippen molar-refractivity contribution in [3.63, 3.8) is 0 Å². The van der Waals surface area contributed by atoms with Gasteiger partial charge in [-0.3, -0.25) is 4.79 Å². The highest BCUT2D eigenvalue weighted by atomic mass is 16.6. The SMILES string of the molecule is COC(=O)C[C@@]1(C(=O)O[C@H](C(=O)OC)c2ccccc2)CCC(C)(C)O1. The van der Waals surface area contributed by atoms with Gasteiger partial charge in [0.25, 0.3) is 0 Å². The second-order valence-corrected chi connectivity index (χ2v) is 6.83. The van der Waals surface area contributed by atoms with E-state index in [0.717, 1.165) is 0 Å². The Morgan fingerprint density at radius 3 is 2.23 bits per heavy atom. The number of carbonyl (C=O) groups excluding carboxylic acids is 3. The van der Waals surface area contributed by atoms with Crippen molar-refractivity contribution >= 4 is 17.9 Å². The molecule has 0 unspecified atom stereocenters. The Hall–Kier alpha value is -2.41. The van der Waals surface area contributed by atoms with E-state index < -0.39 is 35.2 Å². The highest BCUT2D eigenvalue weighted by Crippen LogP contribution is 2.41. The minimum absolute atomic E-state index is 0.283. The second-order valence-electron chi connectivity index (χ2n) is 6.83. The lowest BCUT2D eigenvalue weighted by atomic mass is 9.94. The zero-order valence-corrected chi connectivity index (χ0v) is 15.4. The number of methoxy groups -OCH3 is 2. The van der Waals surface area contributed by atoms with E-state index >= 15 is 0 Å². The Morgan fingerprint density at radius 2 is 1.73 bits per heavy atom. The van der Waals surface area contributed by atoms with Gasteiger partial charge in [-0.25, -0.2) is 9.59 Å². The molecule has 1 aliphatic rings. The number of esters is 3. The molecule has 1 aromatic rings. The summed E-state index contributed by atoms with van der Waals surface area (Å²) in [4.78, 5) is 36.9. The molecule has 1 fully saturated rings. The van der Waals surface area contributed by atoms with Gasteiger partial charge in [-0.05, 0) is 26.7 Å². The highest BCUT2D eigenvalue weighted by Gasteiger charge is 2.53. The van der Waals surface area contributed by atoms with Crippen molar-refractivity contribution in [2.24, 2.45) is 0 Å². The molecule has 7 nitrogen and oxygen atoms in total. The lowest BCUT2D eigenvalue weighted by Crippen LogP contribution is -2.45. The molecule has 0 saturated carbocycles. The Balaban J connectivity index is 2.29. The summed E-state index contributed by atoms with van der Waals surface area (Å²) < 4.78 is 20.8. The van der Waals surface area contributed by atoms with Crippen LogP contribution in [-0.4, -0.2) is 43.3 Å². The van der Waals surface area contributed by atoms with Crippen molar-refractivity contribution in [1.29, 1.82) is 0 Å². The Labute approximate surface area is 152 Å². The fourth-order valence-corrected chi connectivity index (χ4v) is 2.98. The summed E-state index contributed by atoms with van der Waals surface area (Å²) in [6, 6.07) is 8.53. The molecule has 0 spiro atoms. The van der Waals surface area contributed by atoms with Gasteiger partial charge in [-0.1, -0.05) is 30.3 Å². The van der Waals surface area contributed by atoms with Crippen molar-refractivity contribution in [1.82, 2.24) is 0 Å². The molecule has 0 amide bonds. The first kappa shape index (κ1) is 19.9. The monoisotopic (exact) mass is 364 g/mol. The molecule has 0 bridgehead atoms. The van der Waals surface area contributed by atoms with Gasteiger partial charge in [0.15, 0.2) is 5.60 Å². The summed E-state index contributed by atoms with van der Waals surface area (Å²) >= 11 is 0. The summed E-state index contributed by atoms with van der Waals surface area (Å²) in [5, 5.41) is 0. The molecule has 2 atom stereocenters. The highest BCUT2D eigenvalue weighted by molar-refractivity contribution is 5.88. The zero-order chi connectivity index (χ0) is 19.4. The van der Waals surface area contributed by atoms with Crippen LogP contribution in [0.4, 0.5) is 0 Å². The van der Waals surface area contributed by atoms with Crippen LogP contribution in [0.5, 0.6) is 0 Å². The number of rotatable bonds is 6. The van der Waals surface area contributed by atoms with Crippen LogP contribution in [0.3, 0.4) is 0 Å². The molecule has 0 aliphatic carbocycles. The topological polar surface area (TPSA) is 88.1 Å². The van der Waals surface area contributed by atoms with Gasteiger partial charge in [0.1, 0.15) is 0 Å². The summed E-state index contributed by atoms with van der Waals surface area (Å²) in [5.41, 5.74) is -1.61. The molecule has 142 valence electrons. The maximum atomic E-state index is 12.9. The molecule has 0 N–H and O–H groups in total. The van der Waals surface area contributed by atoms with Crippen LogP contribution in [0.2, 0.25) is 0 Å². The van der Waals surface area contributed by atoms with Crippen LogP contribution in [0.1, 0.15) is 44.8 Å². The minimum Gasteiger partial charge on any atom is -0.469 e. The van der Waals surface area contributed by atoms with E-state index in [-0.39, 0.29) is 12.8 Å². The first-order valence-corrected chi connectivity index (χ1v) is 8.34. The molecule has 2 rings (SSSR count). The molecular formula is C19H24O7. The van der Waals surface area contributed by atoms with Crippen molar-refractivity contribution in [3.05, 3.63) is 35.9 Å². The van der Waals surface area contributed by atoms with Gasteiger partial charge in [0, 0.05) is 5.56 Å². The molecule has 1 aromatic carbocycles. The molecular weight excluding hydrogens is 340 g/mol. The second kappa shape index (κ2) is 7.86. The van der Waals surface area contributed by atoms with Gasteiger partial charge >= 0.3 is 17.9 Å². The molecule has 7 heteroatoms. The van der Waals surface area contributed by atoms with Crippen molar-refractivity contribution in [2.45, 2.75) is 50.4 Å². The number of benzene rings is 1. The Bertz CT molecular complexity index is 668. The van der Waals surface area contributed by atoms with Gasteiger partial charge in [0.05, 0.1) is 26.2 Å². The Morgan fingerprint density at radius 1 is 1.08 bits per heavy atom. The largest absolute Gasteiger partial charge is 0.469 e. The average Bonchev–Trinajstić information content (AvgIpc) is 2.95. The molecule has 1 aliphatic heterocycles. The van der Waals surface area contributed by atoms with Crippen molar-refractivity contribution < 1.29 is 33.3 Å². The lowest BCUT2D eigenvalue weighted by molar-refractivity contribution is -0.192. The molecule has 0 radical (unpaired) electrons. The predicted molar refractivity (Wildman–Crippen MR) is 91.1 cm³/mol. The average molecular weight is 364 g/mol. The summed E-state index contributed by atoms with van der Waals surface area (Å²) in [6.45, 7) is 3.66. The van der Waals surface area contributed by atoms with E-state index in [0.29, 0.717) is 12.0 Å².